The molecule has 1 heterocycles. The van der Waals surface area contributed by atoms with Gasteiger partial charge in [0.15, 0.2) is 0 Å². The smallest absolute Gasteiger partial charge is 0.315 e. The Morgan fingerprint density at radius 2 is 2.24 bits per heavy atom. The van der Waals surface area contributed by atoms with Crippen molar-refractivity contribution in [1.82, 2.24) is 10.6 Å². The van der Waals surface area contributed by atoms with E-state index in [-0.39, 0.29) is 6.03 Å². The van der Waals surface area contributed by atoms with Gasteiger partial charge in [-0.3, -0.25) is 0 Å². The molecule has 0 aromatic carbocycles. The Morgan fingerprint density at radius 3 is 2.94 bits per heavy atom. The Hall–Kier alpha value is -0.810. The third-order valence-electron chi connectivity index (χ3n) is 2.99. The molecule has 2 aliphatic rings. The number of nitrogens with one attached hydrogen (secondary N) is 2. The highest BCUT2D eigenvalue weighted by atomic mass is 16.5. The Kier molecular flexibility index (Phi) is 5.07. The summed E-state index contributed by atoms with van der Waals surface area (Å²) in [6, 6.07) is 0.373. The van der Waals surface area contributed by atoms with E-state index in [9.17, 15) is 4.79 Å². The van der Waals surface area contributed by atoms with Crippen molar-refractivity contribution in [3.05, 3.63) is 0 Å². The molecule has 1 aliphatic carbocycles. The zero-order chi connectivity index (χ0) is 11.9. The SMILES string of the molecule is O=C(NCCCOCC1CCCO1)NC1CC1. The summed E-state index contributed by atoms with van der Waals surface area (Å²) in [6.07, 6.45) is 5.65. The molecule has 17 heavy (non-hydrogen) atoms. The molecule has 0 bridgehead atoms. The van der Waals surface area contributed by atoms with Crippen molar-refractivity contribution < 1.29 is 14.3 Å². The molecule has 1 saturated heterocycles. The van der Waals surface area contributed by atoms with Crippen molar-refractivity contribution >= 4 is 6.03 Å². The van der Waals surface area contributed by atoms with Crippen LogP contribution in [0, 0.1) is 0 Å². The highest BCUT2D eigenvalue weighted by Crippen LogP contribution is 2.18. The number of urea groups is 1. The summed E-state index contributed by atoms with van der Waals surface area (Å²) < 4.78 is 10.9. The van der Waals surface area contributed by atoms with Gasteiger partial charge >= 0.3 is 6.03 Å². The standard InChI is InChI=1S/C12H22N2O3/c15-12(14-10-4-5-10)13-6-2-7-16-9-11-3-1-8-17-11/h10-11H,1-9H2,(H2,13,14,15). The van der Waals surface area contributed by atoms with E-state index in [1.54, 1.807) is 0 Å². The quantitative estimate of drug-likeness (QED) is 0.656. The lowest BCUT2D eigenvalue weighted by Gasteiger charge is -2.10. The number of amides is 2. The fraction of sp³-hybridized carbons (Fsp3) is 0.917. The monoisotopic (exact) mass is 242 g/mol. The van der Waals surface area contributed by atoms with Crippen molar-refractivity contribution in [1.29, 1.82) is 0 Å². The molecule has 1 atom stereocenters. The van der Waals surface area contributed by atoms with Crippen LogP contribution < -0.4 is 10.6 Å². The molecule has 1 aliphatic heterocycles. The average Bonchev–Trinajstić information content (AvgIpc) is 2.96. The summed E-state index contributed by atoms with van der Waals surface area (Å²) in [5, 5.41) is 5.70. The first-order valence-electron chi connectivity index (χ1n) is 6.58. The van der Waals surface area contributed by atoms with Crippen LogP contribution in [0.25, 0.3) is 0 Å². The summed E-state index contributed by atoms with van der Waals surface area (Å²) in [6.45, 7) is 2.92. The van der Waals surface area contributed by atoms with Crippen molar-refractivity contribution in [3.8, 4) is 0 Å². The Morgan fingerprint density at radius 1 is 1.35 bits per heavy atom. The van der Waals surface area contributed by atoms with E-state index < -0.39 is 0 Å². The van der Waals surface area contributed by atoms with Crippen LogP contribution >= 0.6 is 0 Å². The van der Waals surface area contributed by atoms with Gasteiger partial charge in [0.2, 0.25) is 0 Å². The lowest BCUT2D eigenvalue weighted by Crippen LogP contribution is -2.37. The first-order valence-corrected chi connectivity index (χ1v) is 6.58. The minimum atomic E-state index is -0.0494. The molecule has 5 heteroatoms. The zero-order valence-corrected chi connectivity index (χ0v) is 10.2. The zero-order valence-electron chi connectivity index (χ0n) is 10.2. The van der Waals surface area contributed by atoms with Gasteiger partial charge in [-0.25, -0.2) is 4.79 Å². The summed E-state index contributed by atoms with van der Waals surface area (Å²) in [7, 11) is 0. The molecule has 5 nitrogen and oxygen atoms in total. The van der Waals surface area contributed by atoms with E-state index in [0.717, 1.165) is 38.7 Å². The first kappa shape index (κ1) is 12.6. The number of rotatable bonds is 7. The number of carbonyl (C=O) groups is 1. The van der Waals surface area contributed by atoms with Crippen molar-refractivity contribution in [3.63, 3.8) is 0 Å². The lowest BCUT2D eigenvalue weighted by molar-refractivity contribution is 0.0168. The second-order valence-corrected chi connectivity index (χ2v) is 4.74. The van der Waals surface area contributed by atoms with Crippen LogP contribution in [0.15, 0.2) is 0 Å². The number of ether oxygens (including phenoxy) is 2. The Bertz CT molecular complexity index is 238. The fourth-order valence-corrected chi connectivity index (χ4v) is 1.83. The normalized spacial score (nSPS) is 23.6. The Balaban J connectivity index is 1.36. The molecular formula is C12H22N2O3. The van der Waals surface area contributed by atoms with Gasteiger partial charge in [-0.1, -0.05) is 0 Å². The molecule has 0 radical (unpaired) electrons. The number of carbonyl (C=O) groups excluding carboxylic acids is 1. The molecule has 2 rings (SSSR count). The van der Waals surface area contributed by atoms with Gasteiger partial charge in [0, 0.05) is 25.8 Å². The van der Waals surface area contributed by atoms with Gasteiger partial charge in [0.25, 0.3) is 0 Å². The van der Waals surface area contributed by atoms with Crippen LogP contribution in [0.5, 0.6) is 0 Å². The molecule has 0 aromatic rings. The third kappa shape index (κ3) is 5.37. The van der Waals surface area contributed by atoms with Crippen molar-refractivity contribution in [2.24, 2.45) is 0 Å². The maximum atomic E-state index is 11.3. The predicted molar refractivity (Wildman–Crippen MR) is 64.0 cm³/mol. The third-order valence-corrected chi connectivity index (χ3v) is 2.99. The molecular weight excluding hydrogens is 220 g/mol. The number of hydrogen-bond donors (Lipinski definition) is 2. The van der Waals surface area contributed by atoms with Crippen LogP contribution in [0.2, 0.25) is 0 Å². The summed E-state index contributed by atoms with van der Waals surface area (Å²) >= 11 is 0. The highest BCUT2D eigenvalue weighted by Gasteiger charge is 2.22. The molecule has 2 fully saturated rings. The van der Waals surface area contributed by atoms with E-state index in [1.165, 1.54) is 0 Å². The van der Waals surface area contributed by atoms with E-state index in [0.29, 0.717) is 31.9 Å². The molecule has 1 unspecified atom stereocenters. The maximum absolute atomic E-state index is 11.3. The predicted octanol–water partition coefficient (Wildman–Crippen LogP) is 1.03. The molecule has 0 spiro atoms. The Labute approximate surface area is 102 Å². The van der Waals surface area contributed by atoms with Gasteiger partial charge in [-0.15, -0.1) is 0 Å². The van der Waals surface area contributed by atoms with Gasteiger partial charge in [-0.2, -0.15) is 0 Å². The average molecular weight is 242 g/mol. The van der Waals surface area contributed by atoms with E-state index in [2.05, 4.69) is 10.6 Å². The molecule has 98 valence electrons. The molecule has 0 aromatic heterocycles. The van der Waals surface area contributed by atoms with Crippen LogP contribution in [-0.4, -0.2) is 44.5 Å². The van der Waals surface area contributed by atoms with Crippen LogP contribution in [0.4, 0.5) is 4.79 Å². The first-order chi connectivity index (χ1) is 8.34. The summed E-state index contributed by atoms with van der Waals surface area (Å²) in [5.41, 5.74) is 0. The van der Waals surface area contributed by atoms with Gasteiger partial charge < -0.3 is 20.1 Å². The van der Waals surface area contributed by atoms with Gasteiger partial charge in [0.1, 0.15) is 0 Å². The summed E-state index contributed by atoms with van der Waals surface area (Å²) in [5.74, 6) is 0. The molecule has 2 amide bonds. The van der Waals surface area contributed by atoms with E-state index in [1.807, 2.05) is 0 Å². The van der Waals surface area contributed by atoms with Crippen molar-refractivity contribution in [2.45, 2.75) is 44.2 Å². The minimum absolute atomic E-state index is 0.0494. The van der Waals surface area contributed by atoms with Crippen LogP contribution in [-0.2, 0) is 9.47 Å². The molecule has 2 N–H and O–H groups in total. The minimum Gasteiger partial charge on any atom is -0.379 e. The number of hydrogen-bond acceptors (Lipinski definition) is 3. The fourth-order valence-electron chi connectivity index (χ4n) is 1.83. The summed E-state index contributed by atoms with van der Waals surface area (Å²) in [4.78, 5) is 11.3. The lowest BCUT2D eigenvalue weighted by atomic mass is 10.2. The maximum Gasteiger partial charge on any atom is 0.315 e. The second-order valence-electron chi connectivity index (χ2n) is 4.74. The largest absolute Gasteiger partial charge is 0.379 e. The van der Waals surface area contributed by atoms with Crippen molar-refractivity contribution in [2.75, 3.05) is 26.4 Å². The van der Waals surface area contributed by atoms with Gasteiger partial charge in [-0.05, 0) is 32.1 Å². The van der Waals surface area contributed by atoms with Gasteiger partial charge in [0.05, 0.1) is 12.7 Å². The van der Waals surface area contributed by atoms with E-state index in [4.69, 9.17) is 9.47 Å². The second kappa shape index (κ2) is 6.81. The van der Waals surface area contributed by atoms with Crippen LogP contribution in [0.3, 0.4) is 0 Å². The van der Waals surface area contributed by atoms with E-state index >= 15 is 0 Å². The highest BCUT2D eigenvalue weighted by molar-refractivity contribution is 5.74. The topological polar surface area (TPSA) is 59.6 Å². The molecule has 1 saturated carbocycles. The van der Waals surface area contributed by atoms with Crippen LogP contribution in [0.1, 0.15) is 32.1 Å².